The van der Waals surface area contributed by atoms with Gasteiger partial charge < -0.3 is 0 Å². The molecule has 4 nitrogen and oxygen atoms in total. The van der Waals surface area contributed by atoms with Crippen LogP contribution in [0.25, 0.3) is 0 Å². The molecular weight excluding hydrogens is 331 g/mol. The summed E-state index contributed by atoms with van der Waals surface area (Å²) in [5.74, 6) is -1.01. The predicted molar refractivity (Wildman–Crippen MR) is 95.6 cm³/mol. The third-order valence-electron chi connectivity index (χ3n) is 4.90. The third kappa shape index (κ3) is 1.82. The normalized spacial score (nSPS) is 17.8. The number of hydrogen-bond donors (Lipinski definition) is 0. The Labute approximate surface area is 149 Å². The van der Waals surface area contributed by atoms with Crippen molar-refractivity contribution in [1.29, 1.82) is 0 Å². The lowest BCUT2D eigenvalue weighted by Gasteiger charge is -2.40. The number of rotatable bonds is 1. The highest BCUT2D eigenvalue weighted by Crippen LogP contribution is 2.47. The van der Waals surface area contributed by atoms with Crippen LogP contribution in [0.5, 0.6) is 0 Å². The summed E-state index contributed by atoms with van der Waals surface area (Å²) in [6.07, 6.45) is -0.696. The van der Waals surface area contributed by atoms with Crippen LogP contribution in [0.15, 0.2) is 72.8 Å². The molecular formula is C21H13FN2O2. The maximum Gasteiger partial charge on any atom is 0.262 e. The fourth-order valence-corrected chi connectivity index (χ4v) is 3.79. The average Bonchev–Trinajstić information content (AvgIpc) is 2.97. The Kier molecular flexibility index (Phi) is 3.00. The van der Waals surface area contributed by atoms with E-state index in [0.717, 1.165) is 0 Å². The summed E-state index contributed by atoms with van der Waals surface area (Å²) in [7, 11) is 0. The molecule has 2 aliphatic rings. The Morgan fingerprint density at radius 1 is 0.654 bits per heavy atom. The summed E-state index contributed by atoms with van der Waals surface area (Å²) in [4.78, 5) is 29.3. The molecule has 26 heavy (non-hydrogen) atoms. The monoisotopic (exact) mass is 344 g/mol. The van der Waals surface area contributed by atoms with Crippen molar-refractivity contribution < 1.29 is 14.0 Å². The highest BCUT2D eigenvalue weighted by Gasteiger charge is 2.48. The van der Waals surface area contributed by atoms with Gasteiger partial charge in [-0.05, 0) is 30.3 Å². The van der Waals surface area contributed by atoms with E-state index in [1.165, 1.54) is 11.0 Å². The van der Waals surface area contributed by atoms with Crippen molar-refractivity contribution in [2.24, 2.45) is 0 Å². The minimum Gasteiger partial charge on any atom is -0.282 e. The number of anilines is 2. The lowest BCUT2D eigenvalue weighted by atomic mass is 10.0. The summed E-state index contributed by atoms with van der Waals surface area (Å²) in [6.45, 7) is 0. The van der Waals surface area contributed by atoms with Gasteiger partial charge in [-0.1, -0.05) is 42.5 Å². The molecule has 0 aromatic heterocycles. The largest absolute Gasteiger partial charge is 0.282 e. The molecule has 3 aromatic carbocycles. The Hall–Kier alpha value is -3.47. The first kappa shape index (κ1) is 14.8. The van der Waals surface area contributed by atoms with E-state index in [0.29, 0.717) is 22.4 Å². The smallest absolute Gasteiger partial charge is 0.262 e. The van der Waals surface area contributed by atoms with Gasteiger partial charge in [0.2, 0.25) is 0 Å². The lowest BCUT2D eigenvalue weighted by Crippen LogP contribution is -2.48. The van der Waals surface area contributed by atoms with Crippen molar-refractivity contribution in [2.75, 3.05) is 9.80 Å². The molecule has 2 aliphatic heterocycles. The van der Waals surface area contributed by atoms with Gasteiger partial charge >= 0.3 is 0 Å². The molecule has 5 heteroatoms. The minimum absolute atomic E-state index is 0.159. The number of carbonyl (C=O) groups is 2. The van der Waals surface area contributed by atoms with Gasteiger partial charge in [0, 0.05) is 11.1 Å². The second kappa shape index (κ2) is 5.26. The molecule has 0 radical (unpaired) electrons. The third-order valence-corrected chi connectivity index (χ3v) is 4.90. The zero-order valence-electron chi connectivity index (χ0n) is 13.6. The van der Waals surface area contributed by atoms with Crippen molar-refractivity contribution >= 4 is 23.2 Å². The quantitative estimate of drug-likeness (QED) is 0.665. The van der Waals surface area contributed by atoms with Gasteiger partial charge in [-0.3, -0.25) is 19.4 Å². The summed E-state index contributed by atoms with van der Waals surface area (Å²) in [5, 5.41) is 0. The van der Waals surface area contributed by atoms with E-state index < -0.39 is 12.0 Å². The molecule has 1 atom stereocenters. The second-order valence-electron chi connectivity index (χ2n) is 6.28. The van der Waals surface area contributed by atoms with Crippen LogP contribution in [0.3, 0.4) is 0 Å². The summed E-state index contributed by atoms with van der Waals surface area (Å²) in [6, 6.07) is 20.2. The number of fused-ring (bicyclic) bond motifs is 5. The highest BCUT2D eigenvalue weighted by molar-refractivity contribution is 6.21. The summed E-state index contributed by atoms with van der Waals surface area (Å²) < 4.78 is 14.6. The van der Waals surface area contributed by atoms with Crippen molar-refractivity contribution in [3.63, 3.8) is 0 Å². The number of nitrogens with zero attached hydrogens (tertiary/aromatic N) is 2. The standard InChI is InChI=1S/C21H13FN2O2/c22-16-10-4-6-12-18(16)24-19-13-7-1-2-8-14(13)20(25)23(19)17-11-5-3-9-15(17)21(24)26/h1-12,19H/t19-/m1/s1. The van der Waals surface area contributed by atoms with Crippen LogP contribution in [0.2, 0.25) is 0 Å². The fraction of sp³-hybridized carbons (Fsp3) is 0.0476. The van der Waals surface area contributed by atoms with E-state index >= 15 is 0 Å². The molecule has 0 fully saturated rings. The number of hydrogen-bond acceptors (Lipinski definition) is 2. The molecule has 0 unspecified atom stereocenters. The van der Waals surface area contributed by atoms with Gasteiger partial charge in [-0.15, -0.1) is 0 Å². The van der Waals surface area contributed by atoms with Crippen LogP contribution < -0.4 is 9.80 Å². The van der Waals surface area contributed by atoms with Crippen LogP contribution in [0, 0.1) is 5.82 Å². The first-order valence-electron chi connectivity index (χ1n) is 8.28. The van der Waals surface area contributed by atoms with Gasteiger partial charge in [0.05, 0.1) is 16.9 Å². The molecule has 0 aliphatic carbocycles. The molecule has 2 heterocycles. The van der Waals surface area contributed by atoms with Crippen LogP contribution in [-0.2, 0) is 0 Å². The van der Waals surface area contributed by atoms with E-state index in [4.69, 9.17) is 0 Å². The van der Waals surface area contributed by atoms with E-state index in [9.17, 15) is 14.0 Å². The maximum atomic E-state index is 14.6. The van der Waals surface area contributed by atoms with Crippen molar-refractivity contribution in [3.05, 3.63) is 95.3 Å². The number of benzene rings is 3. The van der Waals surface area contributed by atoms with E-state index in [2.05, 4.69) is 0 Å². The highest BCUT2D eigenvalue weighted by atomic mass is 19.1. The van der Waals surface area contributed by atoms with E-state index in [1.807, 2.05) is 12.1 Å². The van der Waals surface area contributed by atoms with E-state index in [-0.39, 0.29) is 17.5 Å². The van der Waals surface area contributed by atoms with Crippen LogP contribution in [-0.4, -0.2) is 11.8 Å². The second-order valence-corrected chi connectivity index (χ2v) is 6.28. The van der Waals surface area contributed by atoms with Crippen molar-refractivity contribution in [2.45, 2.75) is 6.17 Å². The van der Waals surface area contributed by atoms with Gasteiger partial charge in [0.15, 0.2) is 0 Å². The number of para-hydroxylation sites is 2. The molecule has 5 rings (SSSR count). The zero-order chi connectivity index (χ0) is 17.8. The maximum absolute atomic E-state index is 14.6. The van der Waals surface area contributed by atoms with Gasteiger partial charge in [-0.2, -0.15) is 0 Å². The van der Waals surface area contributed by atoms with Crippen molar-refractivity contribution in [3.8, 4) is 0 Å². The predicted octanol–water partition coefficient (Wildman–Crippen LogP) is 4.15. The van der Waals surface area contributed by atoms with E-state index in [1.54, 1.807) is 59.5 Å². The van der Waals surface area contributed by atoms with Gasteiger partial charge in [-0.25, -0.2) is 4.39 Å². The first-order chi connectivity index (χ1) is 12.7. The Morgan fingerprint density at radius 2 is 1.19 bits per heavy atom. The summed E-state index contributed by atoms with van der Waals surface area (Å²) in [5.41, 5.74) is 2.32. The molecule has 0 spiro atoms. The SMILES string of the molecule is O=C1c2ccccc2N2C(=O)c3ccccc3[C@H]2N1c1ccccc1F. The first-order valence-corrected chi connectivity index (χ1v) is 8.28. The zero-order valence-corrected chi connectivity index (χ0v) is 13.6. The fourth-order valence-electron chi connectivity index (χ4n) is 3.79. The Morgan fingerprint density at radius 3 is 1.96 bits per heavy atom. The molecule has 0 N–H and O–H groups in total. The lowest BCUT2D eigenvalue weighted by molar-refractivity contribution is 0.0948. The Balaban J connectivity index is 1.82. The molecule has 0 bridgehead atoms. The van der Waals surface area contributed by atoms with Crippen molar-refractivity contribution in [1.82, 2.24) is 0 Å². The molecule has 0 saturated carbocycles. The molecule has 0 saturated heterocycles. The number of amides is 2. The Bertz CT molecular complexity index is 1080. The number of halogens is 1. The topological polar surface area (TPSA) is 40.6 Å². The van der Waals surface area contributed by atoms with Crippen LogP contribution >= 0.6 is 0 Å². The molecule has 126 valence electrons. The van der Waals surface area contributed by atoms with Crippen LogP contribution in [0.1, 0.15) is 32.4 Å². The minimum atomic E-state index is -0.696. The van der Waals surface area contributed by atoms with Crippen LogP contribution in [0.4, 0.5) is 15.8 Å². The average molecular weight is 344 g/mol. The number of carbonyl (C=O) groups excluding carboxylic acids is 2. The summed E-state index contributed by atoms with van der Waals surface area (Å²) >= 11 is 0. The molecule has 2 amide bonds. The molecule has 3 aromatic rings. The van der Waals surface area contributed by atoms with Gasteiger partial charge in [0.25, 0.3) is 11.8 Å². The van der Waals surface area contributed by atoms with Gasteiger partial charge in [0.1, 0.15) is 12.0 Å².